The van der Waals surface area contributed by atoms with E-state index in [1.165, 1.54) is 10.5 Å². The molecule has 3 rings (SSSR count). The zero-order valence-corrected chi connectivity index (χ0v) is 12.4. The fraction of sp³-hybridized carbons (Fsp3) is 0.529. The molecule has 1 aromatic rings. The lowest BCUT2D eigenvalue weighted by Crippen LogP contribution is -2.40. The van der Waals surface area contributed by atoms with Crippen LogP contribution in [0.3, 0.4) is 0 Å². The Bertz CT molecular complexity index is 525. The summed E-state index contributed by atoms with van der Waals surface area (Å²) in [5, 5.41) is 3.26. The predicted octanol–water partition coefficient (Wildman–Crippen LogP) is 2.06. The Morgan fingerprint density at radius 1 is 1.24 bits per heavy atom. The molecule has 1 N–H and O–H groups in total. The van der Waals surface area contributed by atoms with Crippen molar-refractivity contribution in [2.24, 2.45) is 0 Å². The molecule has 112 valence electrons. The molecule has 2 fully saturated rings. The van der Waals surface area contributed by atoms with Crippen LogP contribution >= 0.6 is 0 Å². The number of nitrogens with one attached hydrogen (secondary N) is 1. The van der Waals surface area contributed by atoms with E-state index >= 15 is 0 Å². The average molecular weight is 286 g/mol. The molecule has 1 aliphatic carbocycles. The molecular weight excluding hydrogens is 264 g/mol. The highest BCUT2D eigenvalue weighted by Crippen LogP contribution is 2.31. The number of amides is 2. The van der Waals surface area contributed by atoms with E-state index in [1.54, 1.807) is 0 Å². The third-order valence-electron chi connectivity index (χ3n) is 4.43. The van der Waals surface area contributed by atoms with E-state index in [-0.39, 0.29) is 23.9 Å². The van der Waals surface area contributed by atoms with Gasteiger partial charge in [-0.25, -0.2) is 0 Å². The van der Waals surface area contributed by atoms with Crippen molar-refractivity contribution in [3.8, 4) is 0 Å². The van der Waals surface area contributed by atoms with Gasteiger partial charge < -0.3 is 5.32 Å². The van der Waals surface area contributed by atoms with Gasteiger partial charge in [0.2, 0.25) is 11.8 Å². The molecule has 2 atom stereocenters. The molecule has 1 aromatic carbocycles. The Balaban J connectivity index is 1.47. The zero-order valence-electron chi connectivity index (χ0n) is 12.4. The number of imide groups is 1. The number of rotatable bonds is 6. The Morgan fingerprint density at radius 3 is 2.62 bits per heavy atom. The summed E-state index contributed by atoms with van der Waals surface area (Å²) in [5.41, 5.74) is 1.31. The fourth-order valence-corrected chi connectivity index (χ4v) is 2.95. The highest BCUT2D eigenvalue weighted by Gasteiger charge is 2.45. The van der Waals surface area contributed by atoms with Gasteiger partial charge in [-0.1, -0.05) is 37.3 Å². The number of carbonyl (C=O) groups is 2. The fourth-order valence-electron chi connectivity index (χ4n) is 2.95. The lowest BCUT2D eigenvalue weighted by molar-refractivity contribution is -0.139. The second-order valence-corrected chi connectivity index (χ2v) is 6.14. The number of carbonyl (C=O) groups excluding carboxylic acids is 2. The van der Waals surface area contributed by atoms with Crippen molar-refractivity contribution >= 4 is 11.8 Å². The van der Waals surface area contributed by atoms with Gasteiger partial charge in [0.05, 0.1) is 12.5 Å². The summed E-state index contributed by atoms with van der Waals surface area (Å²) in [7, 11) is 0. The largest absolute Gasteiger partial charge is 0.305 e. The first-order valence-corrected chi connectivity index (χ1v) is 7.81. The normalized spacial score (nSPS) is 23.7. The summed E-state index contributed by atoms with van der Waals surface area (Å²) in [6.45, 7) is 2.95. The minimum atomic E-state index is -0.305. The number of hydrogen-bond acceptors (Lipinski definition) is 3. The van der Waals surface area contributed by atoms with Crippen LogP contribution in [0.5, 0.6) is 0 Å². The molecule has 21 heavy (non-hydrogen) atoms. The third-order valence-corrected chi connectivity index (χ3v) is 4.43. The highest BCUT2D eigenvalue weighted by atomic mass is 16.2. The Labute approximate surface area is 125 Å². The number of likely N-dealkylation sites (tertiary alicyclic amines) is 1. The molecule has 1 aliphatic heterocycles. The number of nitrogens with zero attached hydrogens (tertiary/aromatic N) is 1. The molecule has 2 unspecified atom stereocenters. The van der Waals surface area contributed by atoms with Crippen LogP contribution in [-0.4, -0.2) is 35.3 Å². The standard InChI is InChI=1S/C17H22N2O2/c1-12(13-5-3-2-4-6-13)9-10-18-15-11-16(20)19(17(15)21)14-7-8-14/h2-6,12,14-15,18H,7-11H2,1H3. The first-order chi connectivity index (χ1) is 10.2. The van der Waals surface area contributed by atoms with E-state index in [0.29, 0.717) is 12.3 Å². The van der Waals surface area contributed by atoms with Crippen LogP contribution in [0.25, 0.3) is 0 Å². The summed E-state index contributed by atoms with van der Waals surface area (Å²) in [4.78, 5) is 25.5. The number of benzene rings is 1. The lowest BCUT2D eigenvalue weighted by atomic mass is 9.98. The van der Waals surface area contributed by atoms with Crippen LogP contribution in [0.1, 0.15) is 44.1 Å². The second-order valence-electron chi connectivity index (χ2n) is 6.14. The Morgan fingerprint density at radius 2 is 1.95 bits per heavy atom. The minimum absolute atomic E-state index is 0.00360. The van der Waals surface area contributed by atoms with Crippen LogP contribution in [-0.2, 0) is 9.59 Å². The monoisotopic (exact) mass is 286 g/mol. The van der Waals surface area contributed by atoms with Gasteiger partial charge in [-0.3, -0.25) is 14.5 Å². The van der Waals surface area contributed by atoms with Crippen LogP contribution in [0.2, 0.25) is 0 Å². The van der Waals surface area contributed by atoms with Crippen LogP contribution in [0, 0.1) is 0 Å². The summed E-state index contributed by atoms with van der Waals surface area (Å²) < 4.78 is 0. The van der Waals surface area contributed by atoms with Gasteiger partial charge in [0, 0.05) is 6.04 Å². The molecule has 4 nitrogen and oxygen atoms in total. The van der Waals surface area contributed by atoms with Gasteiger partial charge in [-0.05, 0) is 37.3 Å². The molecule has 0 aromatic heterocycles. The van der Waals surface area contributed by atoms with E-state index < -0.39 is 0 Å². The lowest BCUT2D eigenvalue weighted by Gasteiger charge is -2.16. The van der Waals surface area contributed by atoms with E-state index in [2.05, 4.69) is 24.4 Å². The molecular formula is C17H22N2O2. The predicted molar refractivity (Wildman–Crippen MR) is 80.8 cm³/mol. The van der Waals surface area contributed by atoms with Gasteiger partial charge in [-0.2, -0.15) is 0 Å². The van der Waals surface area contributed by atoms with E-state index in [4.69, 9.17) is 0 Å². The molecule has 1 saturated carbocycles. The van der Waals surface area contributed by atoms with E-state index in [9.17, 15) is 9.59 Å². The van der Waals surface area contributed by atoms with E-state index in [0.717, 1.165) is 25.8 Å². The SMILES string of the molecule is CC(CCNC1CC(=O)N(C2CC2)C1=O)c1ccccc1. The topological polar surface area (TPSA) is 49.4 Å². The molecule has 2 amide bonds. The summed E-state index contributed by atoms with van der Waals surface area (Å²) in [5.74, 6) is 0.427. The molecule has 0 radical (unpaired) electrons. The van der Waals surface area contributed by atoms with Crippen LogP contribution in [0.4, 0.5) is 0 Å². The average Bonchev–Trinajstić information content (AvgIpc) is 3.27. The van der Waals surface area contributed by atoms with Crippen molar-refractivity contribution in [3.05, 3.63) is 35.9 Å². The molecule has 0 bridgehead atoms. The van der Waals surface area contributed by atoms with Crippen molar-refractivity contribution in [3.63, 3.8) is 0 Å². The maximum Gasteiger partial charge on any atom is 0.247 e. The zero-order chi connectivity index (χ0) is 14.8. The minimum Gasteiger partial charge on any atom is -0.305 e. The van der Waals surface area contributed by atoms with Crippen LogP contribution in [0.15, 0.2) is 30.3 Å². The molecule has 1 saturated heterocycles. The molecule has 2 aliphatic rings. The molecule has 4 heteroatoms. The summed E-state index contributed by atoms with van der Waals surface area (Å²) >= 11 is 0. The maximum atomic E-state index is 12.2. The van der Waals surface area contributed by atoms with Crippen molar-refractivity contribution in [2.45, 2.75) is 50.6 Å². The van der Waals surface area contributed by atoms with Crippen molar-refractivity contribution in [2.75, 3.05) is 6.54 Å². The highest BCUT2D eigenvalue weighted by molar-refractivity contribution is 6.06. The Kier molecular flexibility index (Phi) is 4.06. The summed E-state index contributed by atoms with van der Waals surface area (Å²) in [6.07, 6.45) is 3.25. The molecule has 1 heterocycles. The first kappa shape index (κ1) is 14.3. The summed E-state index contributed by atoms with van der Waals surface area (Å²) in [6, 6.07) is 10.3. The van der Waals surface area contributed by atoms with Gasteiger partial charge in [-0.15, -0.1) is 0 Å². The second kappa shape index (κ2) is 5.98. The maximum absolute atomic E-state index is 12.2. The van der Waals surface area contributed by atoms with Gasteiger partial charge >= 0.3 is 0 Å². The van der Waals surface area contributed by atoms with Crippen molar-refractivity contribution in [1.82, 2.24) is 10.2 Å². The smallest absolute Gasteiger partial charge is 0.247 e. The van der Waals surface area contributed by atoms with Crippen LogP contribution < -0.4 is 5.32 Å². The first-order valence-electron chi connectivity index (χ1n) is 7.81. The quantitative estimate of drug-likeness (QED) is 0.814. The molecule has 0 spiro atoms. The Hall–Kier alpha value is -1.68. The van der Waals surface area contributed by atoms with Gasteiger partial charge in [0.1, 0.15) is 0 Å². The number of hydrogen-bond donors (Lipinski definition) is 1. The van der Waals surface area contributed by atoms with Gasteiger partial charge in [0.25, 0.3) is 0 Å². The third kappa shape index (κ3) is 3.16. The van der Waals surface area contributed by atoms with E-state index in [1.807, 2.05) is 18.2 Å². The van der Waals surface area contributed by atoms with Crippen molar-refractivity contribution < 1.29 is 9.59 Å². The van der Waals surface area contributed by atoms with Crippen molar-refractivity contribution in [1.29, 1.82) is 0 Å². The van der Waals surface area contributed by atoms with Gasteiger partial charge in [0.15, 0.2) is 0 Å².